The maximum Gasteiger partial charge on any atom is 0.209 e. The molecule has 0 spiro atoms. The van der Waals surface area contributed by atoms with Crippen molar-refractivity contribution >= 4 is 23.3 Å². The molecule has 3 rings (SSSR count). The zero-order valence-corrected chi connectivity index (χ0v) is 10.8. The van der Waals surface area contributed by atoms with Crippen molar-refractivity contribution in [2.75, 3.05) is 18.4 Å². The lowest BCUT2D eigenvalue weighted by Crippen LogP contribution is -2.45. The van der Waals surface area contributed by atoms with Crippen molar-refractivity contribution in [3.05, 3.63) is 18.6 Å². The highest BCUT2D eigenvalue weighted by Crippen LogP contribution is 2.22. The first kappa shape index (κ1) is 12.0. The molecular weight excluding hydrogens is 242 g/mol. The number of nitrogens with zero attached hydrogens (tertiary/aromatic N) is 3. The highest BCUT2D eigenvalue weighted by molar-refractivity contribution is 5.86. The molecule has 1 saturated heterocycles. The van der Waals surface area contributed by atoms with Gasteiger partial charge in [0.2, 0.25) is 6.41 Å². The van der Waals surface area contributed by atoms with Crippen molar-refractivity contribution in [2.45, 2.75) is 19.4 Å². The molecule has 2 aromatic heterocycles. The molecular formula is C13H17N5O. The van der Waals surface area contributed by atoms with Crippen LogP contribution in [0.4, 0.5) is 5.82 Å². The highest BCUT2D eigenvalue weighted by atomic mass is 16.1. The minimum absolute atomic E-state index is 0.238. The van der Waals surface area contributed by atoms with Gasteiger partial charge in [0.05, 0.1) is 5.39 Å². The number of aromatic nitrogens is 3. The summed E-state index contributed by atoms with van der Waals surface area (Å²) in [5, 5.41) is 4.42. The van der Waals surface area contributed by atoms with E-state index < -0.39 is 0 Å². The zero-order valence-electron chi connectivity index (χ0n) is 10.8. The summed E-state index contributed by atoms with van der Waals surface area (Å²) < 4.78 is 0. The lowest BCUT2D eigenvalue weighted by Gasteiger charge is -2.34. The second-order valence-electron chi connectivity index (χ2n) is 5.20. The molecule has 0 bridgehead atoms. The SMILES string of the molecule is CC1CC(Nc2ncnc3[nH]ccc23)CN(C=O)C1. The van der Waals surface area contributed by atoms with Gasteiger partial charge in [0, 0.05) is 25.3 Å². The number of aromatic amines is 1. The van der Waals surface area contributed by atoms with E-state index in [4.69, 9.17) is 0 Å². The molecule has 0 saturated carbocycles. The van der Waals surface area contributed by atoms with E-state index in [9.17, 15) is 4.79 Å². The van der Waals surface area contributed by atoms with Gasteiger partial charge in [-0.25, -0.2) is 9.97 Å². The van der Waals surface area contributed by atoms with Crippen LogP contribution in [0.2, 0.25) is 0 Å². The van der Waals surface area contributed by atoms with E-state index in [2.05, 4.69) is 27.2 Å². The zero-order chi connectivity index (χ0) is 13.2. The van der Waals surface area contributed by atoms with Gasteiger partial charge >= 0.3 is 0 Å². The van der Waals surface area contributed by atoms with Gasteiger partial charge in [-0.1, -0.05) is 6.92 Å². The van der Waals surface area contributed by atoms with Gasteiger partial charge in [-0.2, -0.15) is 0 Å². The van der Waals surface area contributed by atoms with Crippen LogP contribution in [0.1, 0.15) is 13.3 Å². The number of fused-ring (bicyclic) bond motifs is 1. The lowest BCUT2D eigenvalue weighted by molar-refractivity contribution is -0.119. The summed E-state index contributed by atoms with van der Waals surface area (Å²) in [6.45, 7) is 3.73. The maximum absolute atomic E-state index is 10.9. The Morgan fingerprint density at radius 3 is 3.21 bits per heavy atom. The van der Waals surface area contributed by atoms with Crippen molar-refractivity contribution in [1.29, 1.82) is 0 Å². The number of H-pyrrole nitrogens is 1. The van der Waals surface area contributed by atoms with Crippen LogP contribution >= 0.6 is 0 Å². The largest absolute Gasteiger partial charge is 0.365 e. The molecule has 2 unspecified atom stereocenters. The van der Waals surface area contributed by atoms with Gasteiger partial charge in [0.15, 0.2) is 0 Å². The van der Waals surface area contributed by atoms with Crippen molar-refractivity contribution in [1.82, 2.24) is 19.9 Å². The summed E-state index contributed by atoms with van der Waals surface area (Å²) in [6.07, 6.45) is 5.37. The third kappa shape index (κ3) is 2.38. The summed E-state index contributed by atoms with van der Waals surface area (Å²) in [6, 6.07) is 2.20. The van der Waals surface area contributed by atoms with Gasteiger partial charge in [-0.3, -0.25) is 4.79 Å². The van der Waals surface area contributed by atoms with E-state index in [0.29, 0.717) is 5.92 Å². The molecule has 0 aromatic carbocycles. The molecule has 19 heavy (non-hydrogen) atoms. The number of hydrogen-bond acceptors (Lipinski definition) is 4. The molecule has 3 heterocycles. The van der Waals surface area contributed by atoms with E-state index in [0.717, 1.165) is 42.8 Å². The van der Waals surface area contributed by atoms with Gasteiger partial charge in [0.25, 0.3) is 0 Å². The van der Waals surface area contributed by atoms with Crippen LogP contribution in [0.15, 0.2) is 18.6 Å². The Hall–Kier alpha value is -2.11. The van der Waals surface area contributed by atoms with Crippen LogP contribution < -0.4 is 5.32 Å². The summed E-state index contributed by atoms with van der Waals surface area (Å²) >= 11 is 0. The molecule has 6 nitrogen and oxygen atoms in total. The summed E-state index contributed by atoms with van der Waals surface area (Å²) in [5.74, 6) is 1.33. The van der Waals surface area contributed by atoms with Crippen LogP contribution in [-0.4, -0.2) is 45.4 Å². The Morgan fingerprint density at radius 1 is 1.47 bits per heavy atom. The highest BCUT2D eigenvalue weighted by Gasteiger charge is 2.24. The van der Waals surface area contributed by atoms with E-state index in [1.54, 1.807) is 6.33 Å². The number of nitrogens with one attached hydrogen (secondary N) is 2. The van der Waals surface area contributed by atoms with Crippen LogP contribution in [-0.2, 0) is 4.79 Å². The average Bonchev–Trinajstić information content (AvgIpc) is 2.87. The van der Waals surface area contributed by atoms with E-state index in [1.165, 1.54) is 0 Å². The number of anilines is 1. The Balaban J connectivity index is 1.80. The summed E-state index contributed by atoms with van der Waals surface area (Å²) in [5.41, 5.74) is 0.827. The van der Waals surface area contributed by atoms with Gasteiger partial charge in [0.1, 0.15) is 17.8 Å². The quantitative estimate of drug-likeness (QED) is 0.813. The first-order chi connectivity index (χ1) is 9.26. The Kier molecular flexibility index (Phi) is 3.06. The predicted molar refractivity (Wildman–Crippen MR) is 72.7 cm³/mol. The molecule has 1 fully saturated rings. The first-order valence-electron chi connectivity index (χ1n) is 6.50. The minimum Gasteiger partial charge on any atom is -0.365 e. The normalized spacial score (nSPS) is 23.5. The van der Waals surface area contributed by atoms with Gasteiger partial charge < -0.3 is 15.2 Å². The van der Waals surface area contributed by atoms with E-state index in [-0.39, 0.29) is 6.04 Å². The third-order valence-electron chi connectivity index (χ3n) is 3.53. The van der Waals surface area contributed by atoms with Crippen molar-refractivity contribution in [2.24, 2.45) is 5.92 Å². The molecule has 0 aliphatic carbocycles. The number of rotatable bonds is 3. The minimum atomic E-state index is 0.238. The lowest BCUT2D eigenvalue weighted by atomic mass is 9.96. The Bertz CT molecular complexity index is 581. The van der Waals surface area contributed by atoms with Crippen LogP contribution in [0.25, 0.3) is 11.0 Å². The fourth-order valence-corrected chi connectivity index (χ4v) is 2.76. The second kappa shape index (κ2) is 4.87. The average molecular weight is 259 g/mol. The van der Waals surface area contributed by atoms with Crippen LogP contribution in [0.5, 0.6) is 0 Å². The topological polar surface area (TPSA) is 73.9 Å². The summed E-state index contributed by atoms with van der Waals surface area (Å²) in [4.78, 5) is 24.3. The van der Waals surface area contributed by atoms with Crippen molar-refractivity contribution in [3.63, 3.8) is 0 Å². The maximum atomic E-state index is 10.9. The molecule has 1 amide bonds. The molecule has 0 radical (unpaired) electrons. The number of likely N-dealkylation sites (tertiary alicyclic amines) is 1. The first-order valence-corrected chi connectivity index (χ1v) is 6.50. The van der Waals surface area contributed by atoms with Crippen molar-refractivity contribution in [3.8, 4) is 0 Å². The molecule has 2 aromatic rings. The number of amides is 1. The Morgan fingerprint density at radius 2 is 2.37 bits per heavy atom. The molecule has 1 aliphatic rings. The van der Waals surface area contributed by atoms with Gasteiger partial charge in [-0.05, 0) is 18.4 Å². The number of carbonyl (C=O) groups is 1. The fraction of sp³-hybridized carbons (Fsp3) is 0.462. The van der Waals surface area contributed by atoms with E-state index >= 15 is 0 Å². The second-order valence-corrected chi connectivity index (χ2v) is 5.20. The predicted octanol–water partition coefficient (Wildman–Crippen LogP) is 1.24. The molecule has 100 valence electrons. The third-order valence-corrected chi connectivity index (χ3v) is 3.53. The molecule has 6 heteroatoms. The monoisotopic (exact) mass is 259 g/mol. The number of carbonyl (C=O) groups excluding carboxylic acids is 1. The summed E-state index contributed by atoms with van der Waals surface area (Å²) in [7, 11) is 0. The standard InChI is InChI=1S/C13H17N5O/c1-9-4-10(6-18(5-9)8-19)17-13-11-2-3-14-12(11)15-7-16-13/h2-3,7-10H,4-6H2,1H3,(H2,14,15,16,17). The molecule has 1 aliphatic heterocycles. The van der Waals surface area contributed by atoms with E-state index in [1.807, 2.05) is 17.2 Å². The molecule has 2 atom stereocenters. The van der Waals surface area contributed by atoms with Crippen LogP contribution in [0.3, 0.4) is 0 Å². The Labute approximate surface area is 111 Å². The van der Waals surface area contributed by atoms with Crippen molar-refractivity contribution < 1.29 is 4.79 Å². The van der Waals surface area contributed by atoms with Crippen LogP contribution in [0, 0.1) is 5.92 Å². The van der Waals surface area contributed by atoms with Gasteiger partial charge in [-0.15, -0.1) is 0 Å². The number of piperidine rings is 1. The molecule has 2 N–H and O–H groups in total. The fourth-order valence-electron chi connectivity index (χ4n) is 2.76. The smallest absolute Gasteiger partial charge is 0.209 e. The number of hydrogen-bond donors (Lipinski definition) is 2.